The minimum Gasteiger partial charge on any atom is -1.00 e. The average Bonchev–Trinajstić information content (AvgIpc) is 2.39. The summed E-state index contributed by atoms with van der Waals surface area (Å²) in [7, 11) is 0. The van der Waals surface area contributed by atoms with E-state index in [1.807, 2.05) is 13.0 Å². The first-order valence-corrected chi connectivity index (χ1v) is 6.42. The van der Waals surface area contributed by atoms with Gasteiger partial charge in [0.2, 0.25) is 0 Å². The van der Waals surface area contributed by atoms with Crippen LogP contribution in [0.2, 0.25) is 0 Å². The standard InChI is InChI=1S/C15H12FN3O2.HI/c1-8-7-9(2)19(11-5-3-10(16)4-6-11)13-12(8)14(20)18-15(21)17-13;/h3-7H,1-2H3,(H,18,20,21);1H. The Morgan fingerprint density at radius 3 is 2.32 bits per heavy atom. The number of H-pyrrole nitrogens is 2. The van der Waals surface area contributed by atoms with Gasteiger partial charge in [-0.1, -0.05) is 0 Å². The molecule has 0 aliphatic heterocycles. The molecule has 3 rings (SSSR count). The van der Waals surface area contributed by atoms with E-state index in [9.17, 15) is 14.0 Å². The lowest BCUT2D eigenvalue weighted by molar-refractivity contribution is -0.576. The van der Waals surface area contributed by atoms with Crippen LogP contribution in [-0.2, 0) is 0 Å². The second kappa shape index (κ2) is 5.99. The van der Waals surface area contributed by atoms with Crippen molar-refractivity contribution in [3.63, 3.8) is 0 Å². The number of hydrogen-bond donors (Lipinski definition) is 2. The monoisotopic (exact) mass is 413 g/mol. The number of halogens is 2. The van der Waals surface area contributed by atoms with Gasteiger partial charge in [0.25, 0.3) is 5.56 Å². The summed E-state index contributed by atoms with van der Waals surface area (Å²) in [5.74, 6) is -0.347. The molecule has 0 saturated heterocycles. The summed E-state index contributed by atoms with van der Waals surface area (Å²) in [4.78, 5) is 28.5. The largest absolute Gasteiger partial charge is 1.00 e. The molecule has 0 atom stereocenters. The van der Waals surface area contributed by atoms with Gasteiger partial charge in [-0.25, -0.2) is 9.18 Å². The van der Waals surface area contributed by atoms with E-state index < -0.39 is 11.2 Å². The molecule has 2 heterocycles. The molecule has 5 nitrogen and oxygen atoms in total. The van der Waals surface area contributed by atoms with Crippen molar-refractivity contribution in [1.82, 2.24) is 9.97 Å². The van der Waals surface area contributed by atoms with Gasteiger partial charge in [0, 0.05) is 0 Å². The maximum absolute atomic E-state index is 13.1. The highest BCUT2D eigenvalue weighted by atomic mass is 127. The Kier molecular flexibility index (Phi) is 4.45. The quantitative estimate of drug-likeness (QED) is 0.367. The molecule has 2 aromatic heterocycles. The second-order valence-electron chi connectivity index (χ2n) is 4.91. The minimum absolute atomic E-state index is 0. The first-order valence-electron chi connectivity index (χ1n) is 6.42. The van der Waals surface area contributed by atoms with E-state index in [-0.39, 0.29) is 29.8 Å². The van der Waals surface area contributed by atoms with Crippen LogP contribution in [0, 0.1) is 19.7 Å². The molecule has 0 amide bonds. The molecule has 0 aliphatic rings. The first-order chi connectivity index (χ1) is 9.97. The van der Waals surface area contributed by atoms with Gasteiger partial charge in [-0.2, -0.15) is 9.55 Å². The van der Waals surface area contributed by atoms with Crippen molar-refractivity contribution in [1.29, 1.82) is 0 Å². The zero-order chi connectivity index (χ0) is 15.1. The van der Waals surface area contributed by atoms with Gasteiger partial charge in [0.05, 0.1) is 0 Å². The van der Waals surface area contributed by atoms with Crippen LogP contribution in [0.4, 0.5) is 4.39 Å². The molecular weight excluding hydrogens is 400 g/mol. The molecular formula is C15H13FIN3O2. The summed E-state index contributed by atoms with van der Waals surface area (Å²) in [6.45, 7) is 3.66. The predicted molar refractivity (Wildman–Crippen MR) is 76.2 cm³/mol. The Hall–Kier alpha value is -2.03. The fraction of sp³-hybridized carbons (Fsp3) is 0.133. The molecule has 0 saturated carbocycles. The summed E-state index contributed by atoms with van der Waals surface area (Å²) in [5.41, 5.74) is 1.63. The number of aromatic amines is 2. The van der Waals surface area contributed by atoms with Crippen molar-refractivity contribution in [2.24, 2.45) is 0 Å². The Morgan fingerprint density at radius 1 is 1.05 bits per heavy atom. The fourth-order valence-corrected chi connectivity index (χ4v) is 2.56. The van der Waals surface area contributed by atoms with Gasteiger partial charge in [-0.3, -0.25) is 9.78 Å². The maximum Gasteiger partial charge on any atom is 0.413 e. The normalized spacial score (nSPS) is 10.5. The van der Waals surface area contributed by atoms with Crippen molar-refractivity contribution in [2.75, 3.05) is 0 Å². The number of rotatable bonds is 1. The topological polar surface area (TPSA) is 69.6 Å². The number of aromatic nitrogens is 3. The Labute approximate surface area is 141 Å². The van der Waals surface area contributed by atoms with E-state index in [1.54, 1.807) is 23.6 Å². The van der Waals surface area contributed by atoms with Gasteiger partial charge < -0.3 is 24.0 Å². The van der Waals surface area contributed by atoms with Gasteiger partial charge >= 0.3 is 11.3 Å². The zero-order valence-electron chi connectivity index (χ0n) is 11.9. The zero-order valence-corrected chi connectivity index (χ0v) is 14.1. The second-order valence-corrected chi connectivity index (χ2v) is 4.91. The van der Waals surface area contributed by atoms with Gasteiger partial charge in [0.1, 0.15) is 22.6 Å². The molecule has 22 heavy (non-hydrogen) atoms. The van der Waals surface area contributed by atoms with Crippen LogP contribution in [-0.4, -0.2) is 9.97 Å². The third kappa shape index (κ3) is 2.68. The van der Waals surface area contributed by atoms with Crippen molar-refractivity contribution in [2.45, 2.75) is 13.8 Å². The number of aryl methyl sites for hydroxylation is 2. The predicted octanol–water partition coefficient (Wildman–Crippen LogP) is -1.75. The van der Waals surface area contributed by atoms with Gasteiger partial charge in [-0.15, -0.1) is 0 Å². The van der Waals surface area contributed by atoms with Crippen LogP contribution in [0.1, 0.15) is 11.3 Å². The molecule has 7 heteroatoms. The summed E-state index contributed by atoms with van der Waals surface area (Å²) in [6, 6.07) is 7.70. The summed E-state index contributed by atoms with van der Waals surface area (Å²) < 4.78 is 14.8. The molecule has 1 aromatic carbocycles. The highest BCUT2D eigenvalue weighted by Gasteiger charge is 2.19. The maximum atomic E-state index is 13.1. The molecule has 114 valence electrons. The molecule has 3 aromatic rings. The van der Waals surface area contributed by atoms with Crippen LogP contribution in [0.3, 0.4) is 0 Å². The van der Waals surface area contributed by atoms with Crippen molar-refractivity contribution in [3.8, 4) is 5.69 Å². The van der Waals surface area contributed by atoms with Crippen LogP contribution in [0.15, 0.2) is 39.9 Å². The molecule has 0 unspecified atom stereocenters. The number of nitrogens with zero attached hydrogens (tertiary/aromatic N) is 1. The Bertz CT molecular complexity index is 961. The van der Waals surface area contributed by atoms with E-state index >= 15 is 0 Å². The third-order valence-electron chi connectivity index (χ3n) is 3.40. The van der Waals surface area contributed by atoms with E-state index in [2.05, 4.69) is 9.97 Å². The molecule has 0 bridgehead atoms. The number of nitrogens with one attached hydrogen (secondary N) is 2. The molecule has 2 N–H and O–H groups in total. The summed E-state index contributed by atoms with van der Waals surface area (Å²) in [5, 5.41) is 0.407. The third-order valence-corrected chi connectivity index (χ3v) is 3.40. The number of pyridine rings is 1. The van der Waals surface area contributed by atoms with Crippen LogP contribution < -0.4 is 39.8 Å². The van der Waals surface area contributed by atoms with Crippen LogP contribution >= 0.6 is 0 Å². The van der Waals surface area contributed by atoms with Crippen LogP contribution in [0.5, 0.6) is 0 Å². The van der Waals surface area contributed by atoms with E-state index in [0.717, 1.165) is 11.3 Å². The van der Waals surface area contributed by atoms with Crippen LogP contribution in [0.25, 0.3) is 16.7 Å². The smallest absolute Gasteiger partial charge is 0.413 e. The molecule has 0 radical (unpaired) electrons. The summed E-state index contributed by atoms with van der Waals surface area (Å²) in [6.07, 6.45) is 0. The first kappa shape index (κ1) is 16.3. The van der Waals surface area contributed by atoms with Crippen molar-refractivity contribution >= 4 is 11.0 Å². The lowest BCUT2D eigenvalue weighted by Crippen LogP contribution is -3.00. The Morgan fingerprint density at radius 2 is 1.68 bits per heavy atom. The van der Waals surface area contributed by atoms with E-state index in [0.29, 0.717) is 16.7 Å². The number of benzene rings is 1. The minimum atomic E-state index is -0.576. The van der Waals surface area contributed by atoms with Crippen molar-refractivity contribution in [3.05, 3.63) is 68.2 Å². The number of hydrogen-bond acceptors (Lipinski definition) is 2. The lowest BCUT2D eigenvalue weighted by atomic mass is 10.1. The molecule has 0 spiro atoms. The highest BCUT2D eigenvalue weighted by Crippen LogP contribution is 2.12. The lowest BCUT2D eigenvalue weighted by Gasteiger charge is -2.08. The Balaban J connectivity index is 0.00000176. The van der Waals surface area contributed by atoms with Crippen molar-refractivity contribution < 1.29 is 32.9 Å². The molecule has 0 fully saturated rings. The number of fused-ring (bicyclic) bond motifs is 1. The summed E-state index contributed by atoms with van der Waals surface area (Å²) >= 11 is 0. The van der Waals surface area contributed by atoms with E-state index in [4.69, 9.17) is 0 Å². The van der Waals surface area contributed by atoms with Gasteiger partial charge in [0.15, 0.2) is 0 Å². The SMILES string of the molecule is Cc1cc(C)[n+](-c2ccc(F)cc2)c2[nH]c(=O)[nH]c(=O)c12.[I-]. The highest BCUT2D eigenvalue weighted by molar-refractivity contribution is 5.74. The van der Waals surface area contributed by atoms with Gasteiger partial charge in [-0.05, 0) is 49.7 Å². The fourth-order valence-electron chi connectivity index (χ4n) is 2.56. The average molecular weight is 413 g/mol. The molecule has 0 aliphatic carbocycles. The van der Waals surface area contributed by atoms with E-state index in [1.165, 1.54) is 12.1 Å².